The van der Waals surface area contributed by atoms with Gasteiger partial charge in [-0.25, -0.2) is 9.37 Å². The molecule has 7 nitrogen and oxygen atoms in total. The van der Waals surface area contributed by atoms with E-state index >= 15 is 4.39 Å². The number of carbonyl (C=O) groups excluding carboxylic acids is 1. The van der Waals surface area contributed by atoms with Gasteiger partial charge in [-0.05, 0) is 79.6 Å². The van der Waals surface area contributed by atoms with E-state index in [1.54, 1.807) is 6.20 Å². The maximum absolute atomic E-state index is 16.2. The number of ether oxygens (including phenoxy) is 2. The lowest BCUT2D eigenvalue weighted by atomic mass is 10.0. The number of rotatable bonds is 5. The lowest BCUT2D eigenvalue weighted by Crippen LogP contribution is -2.31. The van der Waals surface area contributed by atoms with Crippen molar-refractivity contribution >= 4 is 28.4 Å². The van der Waals surface area contributed by atoms with E-state index in [1.165, 1.54) is 11.6 Å². The highest BCUT2D eigenvalue weighted by atomic mass is 35.5. The summed E-state index contributed by atoms with van der Waals surface area (Å²) in [7, 11) is 0. The number of hydrogen-bond donors (Lipinski definition) is 1. The molecule has 0 radical (unpaired) electrons. The Hall–Kier alpha value is -4.30. The summed E-state index contributed by atoms with van der Waals surface area (Å²) in [6.07, 6.45) is 5.44. The first-order valence-electron chi connectivity index (χ1n) is 15.8. The number of aryl methyl sites for hydroxylation is 1. The minimum absolute atomic E-state index is 0.109. The summed E-state index contributed by atoms with van der Waals surface area (Å²) in [6, 6.07) is 17.2. The van der Waals surface area contributed by atoms with Gasteiger partial charge in [0.25, 0.3) is 0 Å². The van der Waals surface area contributed by atoms with E-state index in [2.05, 4.69) is 35.9 Å². The summed E-state index contributed by atoms with van der Waals surface area (Å²) in [6.45, 7) is 5.52. The van der Waals surface area contributed by atoms with Gasteiger partial charge in [0, 0.05) is 34.5 Å². The number of imidazole rings is 1. The van der Waals surface area contributed by atoms with Crippen LogP contribution in [0.4, 0.5) is 4.39 Å². The Morgan fingerprint density at radius 3 is 2.87 bits per heavy atom. The third-order valence-electron chi connectivity index (χ3n) is 9.19. The molecule has 5 aromatic rings. The van der Waals surface area contributed by atoms with Crippen LogP contribution in [0.1, 0.15) is 68.8 Å². The van der Waals surface area contributed by atoms with E-state index in [4.69, 9.17) is 21.1 Å². The van der Waals surface area contributed by atoms with Gasteiger partial charge in [-0.3, -0.25) is 4.79 Å². The summed E-state index contributed by atoms with van der Waals surface area (Å²) in [4.78, 5) is 22.9. The normalized spacial score (nSPS) is 18.8. The number of nitrogens with one attached hydrogen (secondary N) is 1. The minimum atomic E-state index is -0.548. The molecule has 5 heterocycles. The fourth-order valence-corrected chi connectivity index (χ4v) is 7.28. The summed E-state index contributed by atoms with van der Waals surface area (Å²) in [5.41, 5.74) is 5.42. The van der Waals surface area contributed by atoms with Gasteiger partial charge in [0.05, 0.1) is 41.3 Å². The van der Waals surface area contributed by atoms with Crippen LogP contribution in [0.2, 0.25) is 5.02 Å². The van der Waals surface area contributed by atoms with Crippen LogP contribution in [-0.4, -0.2) is 38.5 Å². The smallest absolute Gasteiger partial charge is 0.223 e. The van der Waals surface area contributed by atoms with Crippen molar-refractivity contribution in [2.75, 3.05) is 13.2 Å². The van der Waals surface area contributed by atoms with Crippen LogP contribution in [0.3, 0.4) is 0 Å². The number of hydrogen-bond acceptors (Lipinski definition) is 4. The Bertz CT molecular complexity index is 1960. The number of likely N-dealkylation sites (tertiary alicyclic amines) is 1. The van der Waals surface area contributed by atoms with Crippen LogP contribution >= 0.6 is 11.6 Å². The zero-order valence-electron chi connectivity index (χ0n) is 25.3. The zero-order valence-corrected chi connectivity index (χ0v) is 26.0. The van der Waals surface area contributed by atoms with Crippen molar-refractivity contribution in [1.29, 1.82) is 0 Å². The predicted octanol–water partition coefficient (Wildman–Crippen LogP) is 8.46. The Kier molecular flexibility index (Phi) is 6.86. The molecule has 1 amide bonds. The highest BCUT2D eigenvalue weighted by Crippen LogP contribution is 2.48. The number of fused-ring (bicyclic) bond motifs is 6. The van der Waals surface area contributed by atoms with Gasteiger partial charge >= 0.3 is 0 Å². The molecule has 1 fully saturated rings. The second-order valence-corrected chi connectivity index (χ2v) is 13.2. The maximum Gasteiger partial charge on any atom is 0.223 e. The molecule has 3 aromatic carbocycles. The van der Waals surface area contributed by atoms with Gasteiger partial charge in [-0.1, -0.05) is 37.6 Å². The van der Waals surface area contributed by atoms with Gasteiger partial charge in [0.15, 0.2) is 0 Å². The van der Waals surface area contributed by atoms with Crippen LogP contribution in [0.5, 0.6) is 11.5 Å². The molecular formula is C36H34ClFN4O3. The molecule has 0 saturated carbocycles. The van der Waals surface area contributed by atoms with Gasteiger partial charge < -0.3 is 23.9 Å². The average molecular weight is 625 g/mol. The monoisotopic (exact) mass is 624 g/mol. The van der Waals surface area contributed by atoms with E-state index in [0.29, 0.717) is 40.6 Å². The number of aromatic nitrogens is 3. The van der Waals surface area contributed by atoms with Crippen molar-refractivity contribution in [2.24, 2.45) is 5.92 Å². The average Bonchev–Trinajstić information content (AvgIpc) is 3.78. The molecular weight excluding hydrogens is 591 g/mol. The fraction of sp³-hybridized carbons (Fsp3) is 0.333. The molecule has 230 valence electrons. The Balaban J connectivity index is 1.20. The molecule has 45 heavy (non-hydrogen) atoms. The molecule has 2 aromatic heterocycles. The van der Waals surface area contributed by atoms with E-state index < -0.39 is 12.0 Å². The summed E-state index contributed by atoms with van der Waals surface area (Å²) in [5.74, 6) is 2.08. The third-order valence-corrected chi connectivity index (χ3v) is 9.42. The van der Waals surface area contributed by atoms with Crippen molar-refractivity contribution in [3.63, 3.8) is 0 Å². The molecule has 0 aliphatic carbocycles. The summed E-state index contributed by atoms with van der Waals surface area (Å²) < 4.78 is 31.0. The van der Waals surface area contributed by atoms with Crippen molar-refractivity contribution in [2.45, 2.75) is 58.2 Å². The Morgan fingerprint density at radius 1 is 1.11 bits per heavy atom. The van der Waals surface area contributed by atoms with Crippen molar-refractivity contribution in [1.82, 2.24) is 19.4 Å². The van der Waals surface area contributed by atoms with Crippen LogP contribution < -0.4 is 9.47 Å². The van der Waals surface area contributed by atoms with Gasteiger partial charge in [0.1, 0.15) is 23.1 Å². The summed E-state index contributed by atoms with van der Waals surface area (Å²) >= 11 is 6.37. The van der Waals surface area contributed by atoms with E-state index in [9.17, 15) is 4.79 Å². The lowest BCUT2D eigenvalue weighted by Gasteiger charge is -2.31. The van der Waals surface area contributed by atoms with Crippen LogP contribution in [-0.2, 0) is 11.2 Å². The molecule has 1 saturated heterocycles. The number of benzene rings is 3. The van der Waals surface area contributed by atoms with Crippen LogP contribution in [0.15, 0.2) is 60.8 Å². The molecule has 8 rings (SSSR count). The second kappa shape index (κ2) is 10.9. The number of nitrogens with zero attached hydrogens (tertiary/aromatic N) is 3. The molecule has 1 N–H and O–H groups in total. The van der Waals surface area contributed by atoms with Crippen molar-refractivity contribution < 1.29 is 18.7 Å². The molecule has 3 aliphatic heterocycles. The molecule has 2 atom stereocenters. The first-order valence-corrected chi connectivity index (χ1v) is 16.1. The van der Waals surface area contributed by atoms with Gasteiger partial charge in [-0.15, -0.1) is 0 Å². The van der Waals surface area contributed by atoms with Gasteiger partial charge in [-0.2, -0.15) is 0 Å². The number of aromatic amines is 1. The van der Waals surface area contributed by atoms with Crippen LogP contribution in [0, 0.1) is 11.7 Å². The number of halogens is 2. The van der Waals surface area contributed by atoms with Crippen molar-refractivity contribution in [3.8, 4) is 34.0 Å². The minimum Gasteiger partial charge on any atom is -0.493 e. The Morgan fingerprint density at radius 2 is 2.00 bits per heavy atom. The zero-order chi connectivity index (χ0) is 30.8. The predicted molar refractivity (Wildman–Crippen MR) is 172 cm³/mol. The van der Waals surface area contributed by atoms with Crippen molar-refractivity contribution in [3.05, 3.63) is 88.6 Å². The molecule has 1 unspecified atom stereocenters. The second-order valence-electron chi connectivity index (χ2n) is 12.7. The molecule has 0 spiro atoms. The molecule has 9 heteroatoms. The van der Waals surface area contributed by atoms with Crippen LogP contribution in [0.25, 0.3) is 33.4 Å². The van der Waals surface area contributed by atoms with E-state index in [-0.39, 0.29) is 17.9 Å². The standard InChI is InChI=1S/C36H34ClFN4O3/c1-20(2)13-33(43)41-11-3-6-29(41)35-39-19-27(40-35)23-15-26(38)34-30-16-24-14-25(37)9-10-28(24)42(30)36(45-32(34)18-23)22-8-7-21-5-4-12-44-31(21)17-22/h7-10,14-20,29,36H,3-6,11-13H2,1-2H3,(H,39,40)/t29-,36?/m0/s1. The maximum atomic E-state index is 16.2. The number of H-pyrrole nitrogens is 1. The highest BCUT2D eigenvalue weighted by Gasteiger charge is 2.34. The largest absolute Gasteiger partial charge is 0.493 e. The highest BCUT2D eigenvalue weighted by molar-refractivity contribution is 6.31. The van der Waals surface area contributed by atoms with E-state index in [0.717, 1.165) is 66.0 Å². The Labute approximate surface area is 265 Å². The first kappa shape index (κ1) is 28.2. The van der Waals surface area contributed by atoms with Gasteiger partial charge in [0.2, 0.25) is 12.1 Å². The third kappa shape index (κ3) is 4.86. The first-order chi connectivity index (χ1) is 21.8. The number of carbonyl (C=O) groups is 1. The lowest BCUT2D eigenvalue weighted by molar-refractivity contribution is -0.133. The number of amides is 1. The fourth-order valence-electron chi connectivity index (χ4n) is 7.10. The SMILES string of the molecule is CC(C)CC(=O)N1CCC[C@H]1c1ncc(-c2cc(F)c3c(c2)OC(c2ccc4c(c2)OCCC4)n2c-3cc3cc(Cl)ccc32)[nH]1. The topological polar surface area (TPSA) is 72.4 Å². The molecule has 3 aliphatic rings. The summed E-state index contributed by atoms with van der Waals surface area (Å²) in [5, 5.41) is 1.52. The van der Waals surface area contributed by atoms with E-state index in [1.807, 2.05) is 45.9 Å². The molecule has 0 bridgehead atoms. The quantitative estimate of drug-likeness (QED) is 0.213.